The zero-order chi connectivity index (χ0) is 7.56. The Labute approximate surface area is 61.3 Å². The predicted molar refractivity (Wildman–Crippen MR) is 41.5 cm³/mol. The van der Waals surface area contributed by atoms with Crippen molar-refractivity contribution in [2.75, 3.05) is 0 Å². The first-order valence-electron chi connectivity index (χ1n) is 3.28. The minimum Gasteiger partial charge on any atom is -0.388 e. The Morgan fingerprint density at radius 2 is 1.80 bits per heavy atom. The summed E-state index contributed by atoms with van der Waals surface area (Å²) in [6.07, 6.45) is -0.597. The average molecular weight is 135 g/mol. The molecule has 10 heavy (non-hydrogen) atoms. The predicted octanol–water partition coefficient (Wildman–Crippen LogP) is 1.86. The molecular weight excluding hydrogens is 124 g/mol. The van der Waals surface area contributed by atoms with Crippen LogP contribution in [0.5, 0.6) is 0 Å². The molecule has 0 saturated heterocycles. The van der Waals surface area contributed by atoms with E-state index in [0.29, 0.717) is 0 Å². The molecule has 1 nitrogen and oxygen atoms in total. The Bertz CT molecular complexity index is 198. The topological polar surface area (TPSA) is 20.2 Å². The quantitative estimate of drug-likeness (QED) is 0.623. The molecule has 0 aliphatic rings. The molecule has 1 rings (SSSR count). The lowest BCUT2D eigenvalue weighted by Gasteiger charge is -2.02. The molecule has 1 radical (unpaired) electrons. The number of hydrogen-bond acceptors (Lipinski definition) is 1. The number of aryl methyl sites for hydroxylation is 1. The Morgan fingerprint density at radius 1 is 1.30 bits per heavy atom. The lowest BCUT2D eigenvalue weighted by Crippen LogP contribution is -1.89. The van der Waals surface area contributed by atoms with Gasteiger partial charge in [-0.25, -0.2) is 0 Å². The maximum absolute atomic E-state index is 9.00. The Hall–Kier alpha value is -0.820. The van der Waals surface area contributed by atoms with Gasteiger partial charge in [-0.2, -0.15) is 0 Å². The van der Waals surface area contributed by atoms with Gasteiger partial charge >= 0.3 is 0 Å². The van der Waals surface area contributed by atoms with Crippen molar-refractivity contribution < 1.29 is 5.11 Å². The third-order valence-electron chi connectivity index (χ3n) is 1.46. The van der Waals surface area contributed by atoms with Gasteiger partial charge in [-0.1, -0.05) is 29.8 Å². The largest absolute Gasteiger partial charge is 0.388 e. The Morgan fingerprint density at radius 3 is 2.20 bits per heavy atom. The van der Waals surface area contributed by atoms with Crippen LogP contribution < -0.4 is 0 Å². The first-order valence-corrected chi connectivity index (χ1v) is 3.28. The summed E-state index contributed by atoms with van der Waals surface area (Å²) < 4.78 is 0. The molecule has 0 aliphatic heterocycles. The van der Waals surface area contributed by atoms with Gasteiger partial charge in [0.15, 0.2) is 0 Å². The molecule has 0 spiro atoms. The highest BCUT2D eigenvalue weighted by Crippen LogP contribution is 2.11. The number of hydrogen-bond donors (Lipinski definition) is 1. The third-order valence-corrected chi connectivity index (χ3v) is 1.46. The second-order valence-corrected chi connectivity index (χ2v) is 2.43. The van der Waals surface area contributed by atoms with Gasteiger partial charge in [-0.05, 0) is 19.4 Å². The summed E-state index contributed by atoms with van der Waals surface area (Å²) in [6.45, 7) is 5.51. The van der Waals surface area contributed by atoms with E-state index < -0.39 is 6.10 Å². The summed E-state index contributed by atoms with van der Waals surface area (Å²) in [7, 11) is 0. The third kappa shape index (κ3) is 1.58. The van der Waals surface area contributed by atoms with E-state index in [4.69, 9.17) is 5.11 Å². The second kappa shape index (κ2) is 2.84. The standard InChI is InChI=1S/C9H11O/c1-7-3-5-9(6-4-7)8(2)10/h3-6,8,10H,2H2,1H3. The van der Waals surface area contributed by atoms with Gasteiger partial charge in [-0.15, -0.1) is 0 Å². The minimum absolute atomic E-state index is 0.597. The van der Waals surface area contributed by atoms with Crippen molar-refractivity contribution in [3.8, 4) is 0 Å². The average Bonchev–Trinajstić information content (AvgIpc) is 1.88. The van der Waals surface area contributed by atoms with Gasteiger partial charge in [0.1, 0.15) is 0 Å². The van der Waals surface area contributed by atoms with Gasteiger partial charge in [0, 0.05) is 0 Å². The fourth-order valence-electron chi connectivity index (χ4n) is 0.789. The van der Waals surface area contributed by atoms with Crippen LogP contribution in [0.25, 0.3) is 0 Å². The number of aliphatic hydroxyl groups is 1. The highest BCUT2D eigenvalue weighted by Gasteiger charge is 1.97. The van der Waals surface area contributed by atoms with Gasteiger partial charge in [0.2, 0.25) is 0 Å². The van der Waals surface area contributed by atoms with Gasteiger partial charge in [0.05, 0.1) is 6.10 Å². The summed E-state index contributed by atoms with van der Waals surface area (Å²) in [6, 6.07) is 7.69. The fraction of sp³-hybridized carbons (Fsp3) is 0.222. The zero-order valence-corrected chi connectivity index (χ0v) is 6.04. The maximum Gasteiger partial charge on any atom is 0.0791 e. The molecule has 0 bridgehead atoms. The summed E-state index contributed by atoms with van der Waals surface area (Å²) in [5.74, 6) is 0. The van der Waals surface area contributed by atoms with Crippen molar-refractivity contribution in [2.24, 2.45) is 0 Å². The molecule has 1 aromatic carbocycles. The lowest BCUT2D eigenvalue weighted by atomic mass is 10.1. The van der Waals surface area contributed by atoms with Gasteiger partial charge in [0.25, 0.3) is 0 Å². The summed E-state index contributed by atoms with van der Waals surface area (Å²) in [4.78, 5) is 0. The van der Waals surface area contributed by atoms with Crippen LogP contribution in [0.2, 0.25) is 0 Å². The van der Waals surface area contributed by atoms with E-state index in [1.807, 2.05) is 31.2 Å². The molecule has 1 N–H and O–H groups in total. The molecule has 53 valence electrons. The van der Waals surface area contributed by atoms with Crippen molar-refractivity contribution in [3.05, 3.63) is 42.3 Å². The number of aliphatic hydroxyl groups excluding tert-OH is 1. The van der Waals surface area contributed by atoms with Crippen LogP contribution in [0.4, 0.5) is 0 Å². The molecular formula is C9H11O. The highest BCUT2D eigenvalue weighted by molar-refractivity contribution is 5.23. The highest BCUT2D eigenvalue weighted by atomic mass is 16.3. The van der Waals surface area contributed by atoms with Crippen molar-refractivity contribution in [1.29, 1.82) is 0 Å². The van der Waals surface area contributed by atoms with E-state index in [0.717, 1.165) is 5.56 Å². The SMILES string of the molecule is [CH2]C(O)c1ccc(C)cc1. The van der Waals surface area contributed by atoms with Gasteiger partial charge < -0.3 is 5.11 Å². The number of benzene rings is 1. The Kier molecular flexibility index (Phi) is 2.07. The van der Waals surface area contributed by atoms with E-state index in [9.17, 15) is 0 Å². The molecule has 0 heterocycles. The van der Waals surface area contributed by atoms with Crippen molar-refractivity contribution in [1.82, 2.24) is 0 Å². The van der Waals surface area contributed by atoms with Crippen molar-refractivity contribution >= 4 is 0 Å². The van der Waals surface area contributed by atoms with Crippen LogP contribution in [0, 0.1) is 13.8 Å². The molecule has 0 amide bonds. The van der Waals surface area contributed by atoms with Crippen LogP contribution in [0.15, 0.2) is 24.3 Å². The maximum atomic E-state index is 9.00. The molecule has 0 fully saturated rings. The van der Waals surface area contributed by atoms with Crippen LogP contribution >= 0.6 is 0 Å². The molecule has 1 aromatic rings. The summed E-state index contributed by atoms with van der Waals surface area (Å²) in [5.41, 5.74) is 2.06. The van der Waals surface area contributed by atoms with Crippen LogP contribution in [-0.4, -0.2) is 5.11 Å². The summed E-state index contributed by atoms with van der Waals surface area (Å²) in [5, 5.41) is 9.00. The first kappa shape index (κ1) is 7.29. The van der Waals surface area contributed by atoms with Crippen LogP contribution in [0.3, 0.4) is 0 Å². The van der Waals surface area contributed by atoms with Crippen LogP contribution in [-0.2, 0) is 0 Å². The van der Waals surface area contributed by atoms with E-state index in [-0.39, 0.29) is 0 Å². The monoisotopic (exact) mass is 135 g/mol. The molecule has 1 unspecified atom stereocenters. The summed E-state index contributed by atoms with van der Waals surface area (Å²) >= 11 is 0. The molecule has 1 heteroatoms. The fourth-order valence-corrected chi connectivity index (χ4v) is 0.789. The number of rotatable bonds is 1. The lowest BCUT2D eigenvalue weighted by molar-refractivity contribution is 0.226. The molecule has 0 saturated carbocycles. The van der Waals surface area contributed by atoms with E-state index in [2.05, 4.69) is 6.92 Å². The van der Waals surface area contributed by atoms with E-state index >= 15 is 0 Å². The first-order chi connectivity index (χ1) is 4.70. The minimum atomic E-state index is -0.597. The molecule has 1 atom stereocenters. The normalized spacial score (nSPS) is 13.1. The van der Waals surface area contributed by atoms with Crippen LogP contribution in [0.1, 0.15) is 17.2 Å². The van der Waals surface area contributed by atoms with Crippen molar-refractivity contribution in [3.63, 3.8) is 0 Å². The molecule has 0 aliphatic carbocycles. The van der Waals surface area contributed by atoms with E-state index in [1.54, 1.807) is 0 Å². The molecule has 0 aromatic heterocycles. The second-order valence-electron chi connectivity index (χ2n) is 2.43. The van der Waals surface area contributed by atoms with E-state index in [1.165, 1.54) is 5.56 Å². The smallest absolute Gasteiger partial charge is 0.0791 e. The Balaban J connectivity index is 2.89. The zero-order valence-electron chi connectivity index (χ0n) is 6.04. The van der Waals surface area contributed by atoms with Gasteiger partial charge in [-0.3, -0.25) is 0 Å². The van der Waals surface area contributed by atoms with Crippen molar-refractivity contribution in [2.45, 2.75) is 13.0 Å².